The highest BCUT2D eigenvalue weighted by molar-refractivity contribution is 6.34. The topological polar surface area (TPSA) is 44.1 Å². The molecule has 0 aliphatic rings. The van der Waals surface area contributed by atoms with Gasteiger partial charge in [-0.2, -0.15) is 5.10 Å². The molecule has 4 nitrogen and oxygen atoms in total. The number of ether oxygens (including phenoxy) is 1. The maximum Gasteiger partial charge on any atom is 0.274 e. The van der Waals surface area contributed by atoms with Gasteiger partial charge in [-0.3, -0.25) is 4.79 Å². The second kappa shape index (κ2) is 3.55. The number of aryl methyl sites for hydroxylation is 1. The van der Waals surface area contributed by atoms with Crippen LogP contribution in [-0.2, 0) is 7.05 Å². The van der Waals surface area contributed by atoms with E-state index in [2.05, 4.69) is 5.10 Å². The highest BCUT2D eigenvalue weighted by Crippen LogP contribution is 2.22. The minimum Gasteiger partial charge on any atom is -0.497 e. The maximum atomic E-state index is 11.7. The van der Waals surface area contributed by atoms with Gasteiger partial charge in [0, 0.05) is 12.4 Å². The Morgan fingerprint density at radius 1 is 1.40 bits per heavy atom. The van der Waals surface area contributed by atoms with E-state index in [1.165, 1.54) is 4.68 Å². The van der Waals surface area contributed by atoms with Crippen LogP contribution in [0.1, 0.15) is 0 Å². The third-order valence-corrected chi connectivity index (χ3v) is 2.49. The zero-order valence-corrected chi connectivity index (χ0v) is 9.08. The lowest BCUT2D eigenvalue weighted by Crippen LogP contribution is -2.19. The molecule has 0 spiro atoms. The van der Waals surface area contributed by atoms with Crippen molar-refractivity contribution < 1.29 is 4.74 Å². The highest BCUT2D eigenvalue weighted by Gasteiger charge is 2.07. The number of methoxy groups -OCH3 is 1. The Bertz CT molecular complexity index is 577. The van der Waals surface area contributed by atoms with Crippen molar-refractivity contribution >= 4 is 22.4 Å². The lowest BCUT2D eigenvalue weighted by molar-refractivity contribution is 0.415. The average molecular weight is 225 g/mol. The van der Waals surface area contributed by atoms with Crippen LogP contribution in [0.15, 0.2) is 23.0 Å². The number of nitrogens with zero attached hydrogens (tertiary/aromatic N) is 2. The fourth-order valence-corrected chi connectivity index (χ4v) is 1.68. The minimum absolute atomic E-state index is 0.169. The molecule has 1 aromatic heterocycles. The smallest absolute Gasteiger partial charge is 0.274 e. The number of aromatic nitrogens is 2. The third kappa shape index (κ3) is 1.57. The van der Waals surface area contributed by atoms with Crippen molar-refractivity contribution in [2.75, 3.05) is 7.11 Å². The first-order valence-corrected chi connectivity index (χ1v) is 4.72. The van der Waals surface area contributed by atoms with E-state index in [1.54, 1.807) is 32.4 Å². The Labute approximate surface area is 91.0 Å². The predicted molar refractivity (Wildman–Crippen MR) is 58.5 cm³/mol. The lowest BCUT2D eigenvalue weighted by atomic mass is 10.2. The summed E-state index contributed by atoms with van der Waals surface area (Å²) < 4.78 is 6.27. The first-order chi connectivity index (χ1) is 7.13. The van der Waals surface area contributed by atoms with Crippen molar-refractivity contribution in [1.29, 1.82) is 0 Å². The van der Waals surface area contributed by atoms with Gasteiger partial charge in [-0.25, -0.2) is 4.68 Å². The van der Waals surface area contributed by atoms with Gasteiger partial charge in [0.2, 0.25) is 0 Å². The van der Waals surface area contributed by atoms with Crippen LogP contribution in [0.4, 0.5) is 0 Å². The molecule has 0 saturated carbocycles. The predicted octanol–water partition coefficient (Wildman–Crippen LogP) is 1.60. The summed E-state index contributed by atoms with van der Waals surface area (Å²) >= 11 is 5.94. The van der Waals surface area contributed by atoms with Crippen LogP contribution < -0.4 is 10.3 Å². The molecular weight excluding hydrogens is 216 g/mol. The fraction of sp³-hybridized carbons (Fsp3) is 0.200. The molecule has 0 radical (unpaired) electrons. The average Bonchev–Trinajstić information content (AvgIpc) is 2.25. The van der Waals surface area contributed by atoms with E-state index in [0.29, 0.717) is 21.7 Å². The number of hydrogen-bond donors (Lipinski definition) is 0. The standard InChI is InChI=1S/C10H9ClN2O2/c1-13-10(14)7-4-3-6(15-2)5-8(7)9(11)12-13/h3-5H,1-2H3. The van der Waals surface area contributed by atoms with Crippen molar-refractivity contribution in [2.45, 2.75) is 0 Å². The minimum atomic E-state index is -0.169. The quantitative estimate of drug-likeness (QED) is 0.739. The monoisotopic (exact) mass is 224 g/mol. The van der Waals surface area contributed by atoms with Crippen molar-refractivity contribution in [3.05, 3.63) is 33.7 Å². The van der Waals surface area contributed by atoms with Crippen LogP contribution in [0.25, 0.3) is 10.8 Å². The molecule has 2 aromatic rings. The van der Waals surface area contributed by atoms with E-state index >= 15 is 0 Å². The van der Waals surface area contributed by atoms with Gasteiger partial charge in [0.05, 0.1) is 12.5 Å². The van der Waals surface area contributed by atoms with E-state index < -0.39 is 0 Å². The van der Waals surface area contributed by atoms with Gasteiger partial charge >= 0.3 is 0 Å². The molecule has 0 amide bonds. The molecule has 1 aromatic carbocycles. The number of rotatable bonds is 1. The van der Waals surface area contributed by atoms with Crippen LogP contribution in [0, 0.1) is 0 Å². The summed E-state index contributed by atoms with van der Waals surface area (Å²) in [6, 6.07) is 5.11. The zero-order chi connectivity index (χ0) is 11.0. The van der Waals surface area contributed by atoms with Crippen LogP contribution in [0.3, 0.4) is 0 Å². The summed E-state index contributed by atoms with van der Waals surface area (Å²) in [5.41, 5.74) is -0.169. The zero-order valence-electron chi connectivity index (χ0n) is 8.32. The van der Waals surface area contributed by atoms with Crippen molar-refractivity contribution in [1.82, 2.24) is 9.78 Å². The third-order valence-electron chi connectivity index (χ3n) is 2.21. The number of benzene rings is 1. The Kier molecular flexibility index (Phi) is 2.36. The maximum absolute atomic E-state index is 11.7. The second-order valence-electron chi connectivity index (χ2n) is 3.13. The normalized spacial score (nSPS) is 10.6. The van der Waals surface area contributed by atoms with E-state index in [0.717, 1.165) is 0 Å². The molecule has 0 N–H and O–H groups in total. The summed E-state index contributed by atoms with van der Waals surface area (Å²) in [5, 5.41) is 5.34. The number of hydrogen-bond acceptors (Lipinski definition) is 3. The van der Waals surface area contributed by atoms with E-state index in [-0.39, 0.29) is 5.56 Å². The van der Waals surface area contributed by atoms with Gasteiger partial charge < -0.3 is 4.74 Å². The SMILES string of the molecule is COc1ccc2c(=O)n(C)nc(Cl)c2c1. The Balaban J connectivity index is 2.90. The van der Waals surface area contributed by atoms with Crippen LogP contribution in [0.5, 0.6) is 5.75 Å². The molecule has 2 rings (SSSR count). The molecule has 0 atom stereocenters. The van der Waals surface area contributed by atoms with Crippen LogP contribution >= 0.6 is 11.6 Å². The second-order valence-corrected chi connectivity index (χ2v) is 3.49. The molecule has 0 aliphatic heterocycles. The first kappa shape index (κ1) is 9.98. The Hall–Kier alpha value is -1.55. The molecular formula is C10H9ClN2O2. The number of fused-ring (bicyclic) bond motifs is 1. The van der Waals surface area contributed by atoms with E-state index in [1.807, 2.05) is 0 Å². The summed E-state index contributed by atoms with van der Waals surface area (Å²) in [5.74, 6) is 0.652. The van der Waals surface area contributed by atoms with Crippen molar-refractivity contribution in [2.24, 2.45) is 7.05 Å². The summed E-state index contributed by atoms with van der Waals surface area (Å²) in [7, 11) is 3.13. The van der Waals surface area contributed by atoms with Gasteiger partial charge in [-0.05, 0) is 18.2 Å². The van der Waals surface area contributed by atoms with Gasteiger partial charge in [-0.1, -0.05) is 11.6 Å². The number of halogens is 1. The molecule has 0 aliphatic carbocycles. The summed E-state index contributed by atoms with van der Waals surface area (Å²) in [6.45, 7) is 0. The molecule has 1 heterocycles. The molecule has 0 bridgehead atoms. The summed E-state index contributed by atoms with van der Waals surface area (Å²) in [4.78, 5) is 11.7. The molecule has 0 fully saturated rings. The van der Waals surface area contributed by atoms with Gasteiger partial charge in [-0.15, -0.1) is 0 Å². The van der Waals surface area contributed by atoms with Crippen molar-refractivity contribution in [3.8, 4) is 5.75 Å². The van der Waals surface area contributed by atoms with Gasteiger partial charge in [0.1, 0.15) is 5.75 Å². The first-order valence-electron chi connectivity index (χ1n) is 4.34. The van der Waals surface area contributed by atoms with Crippen LogP contribution in [0.2, 0.25) is 5.15 Å². The molecule has 0 saturated heterocycles. The molecule has 78 valence electrons. The van der Waals surface area contributed by atoms with Crippen molar-refractivity contribution in [3.63, 3.8) is 0 Å². The largest absolute Gasteiger partial charge is 0.497 e. The summed E-state index contributed by atoms with van der Waals surface area (Å²) in [6.07, 6.45) is 0. The Morgan fingerprint density at radius 2 is 2.13 bits per heavy atom. The van der Waals surface area contributed by atoms with E-state index in [9.17, 15) is 4.79 Å². The lowest BCUT2D eigenvalue weighted by Gasteiger charge is -2.04. The van der Waals surface area contributed by atoms with Crippen LogP contribution in [-0.4, -0.2) is 16.9 Å². The molecule has 5 heteroatoms. The van der Waals surface area contributed by atoms with Gasteiger partial charge in [0.15, 0.2) is 5.15 Å². The fourth-order valence-electron chi connectivity index (χ4n) is 1.41. The molecule has 0 unspecified atom stereocenters. The highest BCUT2D eigenvalue weighted by atomic mass is 35.5. The van der Waals surface area contributed by atoms with E-state index in [4.69, 9.17) is 16.3 Å². The van der Waals surface area contributed by atoms with Gasteiger partial charge in [0.25, 0.3) is 5.56 Å². The Morgan fingerprint density at radius 3 is 2.80 bits per heavy atom. The molecule has 15 heavy (non-hydrogen) atoms.